The first-order chi connectivity index (χ1) is 11.2. The monoisotopic (exact) mass is 314 g/mol. The fourth-order valence-corrected chi connectivity index (χ4v) is 3.37. The Hall–Kier alpha value is -2.60. The molecule has 23 heavy (non-hydrogen) atoms. The van der Waals surface area contributed by atoms with E-state index in [1.54, 1.807) is 25.3 Å². The molecule has 2 atom stereocenters. The second kappa shape index (κ2) is 4.23. The molecule has 0 saturated carbocycles. The molecule has 5 rings (SSSR count). The average molecular weight is 314 g/mol. The molecule has 0 radical (unpaired) electrons. The van der Waals surface area contributed by atoms with Crippen LogP contribution in [-0.4, -0.2) is 25.6 Å². The summed E-state index contributed by atoms with van der Waals surface area (Å²) in [5.74, 6) is 3.19. The van der Waals surface area contributed by atoms with Crippen molar-refractivity contribution in [1.29, 1.82) is 0 Å². The maximum atomic E-state index is 11.2. The summed E-state index contributed by atoms with van der Waals surface area (Å²) in [6.07, 6.45) is -0.533. The van der Waals surface area contributed by atoms with Gasteiger partial charge in [-0.05, 0) is 18.2 Å². The Bertz CT molecular complexity index is 817. The van der Waals surface area contributed by atoms with Crippen LogP contribution in [0.15, 0.2) is 30.3 Å². The molecule has 0 amide bonds. The Balaban J connectivity index is 1.63. The number of hydrogen-bond acceptors (Lipinski definition) is 6. The topological polar surface area (TPSA) is 66.4 Å². The molecule has 118 valence electrons. The van der Waals surface area contributed by atoms with Crippen molar-refractivity contribution >= 4 is 0 Å². The second-order valence-corrected chi connectivity index (χ2v) is 5.82. The van der Waals surface area contributed by atoms with Crippen molar-refractivity contribution in [2.45, 2.75) is 11.7 Å². The summed E-state index contributed by atoms with van der Waals surface area (Å²) in [5.41, 5.74) is 0.198. The molecule has 6 nitrogen and oxygen atoms in total. The summed E-state index contributed by atoms with van der Waals surface area (Å²) in [4.78, 5) is 0. The van der Waals surface area contributed by atoms with Gasteiger partial charge in [0.1, 0.15) is 23.9 Å². The molecule has 3 heterocycles. The van der Waals surface area contributed by atoms with Gasteiger partial charge in [-0.3, -0.25) is 0 Å². The number of benzene rings is 2. The number of hydrogen-bond donors (Lipinski definition) is 1. The summed E-state index contributed by atoms with van der Waals surface area (Å²) in [5, 5.41) is 11.2. The number of fused-ring (bicyclic) bond motifs is 6. The molecule has 1 N–H and O–H groups in total. The number of ether oxygens (including phenoxy) is 5. The molecule has 0 fully saturated rings. The Morgan fingerprint density at radius 2 is 1.87 bits per heavy atom. The fraction of sp³-hybridized carbons (Fsp3) is 0.294. The standard InChI is InChI=1S/C17H14O6/c1-19-9-2-3-10-12(4-9)20-7-17(18)11-5-14-15(22-8-21-14)6-13(11)23-16(10)17/h2-6,16,18H,7-8H2,1H3/t16-,17+/m0/s1. The Kier molecular flexibility index (Phi) is 2.37. The molecule has 0 aromatic heterocycles. The molecule has 2 aromatic rings. The van der Waals surface area contributed by atoms with Gasteiger partial charge in [0.05, 0.1) is 7.11 Å². The van der Waals surface area contributed by atoms with E-state index in [-0.39, 0.29) is 13.4 Å². The molecule has 0 saturated heterocycles. The summed E-state index contributed by atoms with van der Waals surface area (Å²) < 4.78 is 27.8. The minimum atomic E-state index is -1.25. The van der Waals surface area contributed by atoms with Crippen LogP contribution in [0.5, 0.6) is 28.7 Å². The van der Waals surface area contributed by atoms with Gasteiger partial charge < -0.3 is 28.8 Å². The highest BCUT2D eigenvalue weighted by molar-refractivity contribution is 5.58. The Morgan fingerprint density at radius 3 is 2.70 bits per heavy atom. The lowest BCUT2D eigenvalue weighted by molar-refractivity contribution is -0.0865. The molecule has 2 aromatic carbocycles. The van der Waals surface area contributed by atoms with Crippen molar-refractivity contribution in [2.24, 2.45) is 0 Å². The first kappa shape index (κ1) is 12.9. The van der Waals surface area contributed by atoms with Gasteiger partial charge in [-0.1, -0.05) is 0 Å². The average Bonchev–Trinajstić information content (AvgIpc) is 3.14. The Morgan fingerprint density at radius 1 is 1.04 bits per heavy atom. The van der Waals surface area contributed by atoms with E-state index >= 15 is 0 Å². The molecule has 6 heteroatoms. The van der Waals surface area contributed by atoms with E-state index in [2.05, 4.69) is 0 Å². The highest BCUT2D eigenvalue weighted by Crippen LogP contribution is 2.56. The zero-order valence-electron chi connectivity index (χ0n) is 12.4. The summed E-state index contributed by atoms with van der Waals surface area (Å²) >= 11 is 0. The SMILES string of the molecule is COc1ccc2c(c1)OC[C@@]1(O)c3cc4c(cc3O[C@@H]21)OCO4. The molecule has 0 aliphatic carbocycles. The predicted octanol–water partition coefficient (Wildman–Crippen LogP) is 2.14. The maximum absolute atomic E-state index is 11.2. The Labute approximate surface area is 132 Å². The highest BCUT2D eigenvalue weighted by Gasteiger charge is 2.53. The lowest BCUT2D eigenvalue weighted by atomic mass is 9.85. The van der Waals surface area contributed by atoms with Crippen LogP contribution in [0, 0.1) is 0 Å². The van der Waals surface area contributed by atoms with Gasteiger partial charge in [0.15, 0.2) is 23.2 Å². The summed E-state index contributed by atoms with van der Waals surface area (Å²) in [6, 6.07) is 9.02. The van der Waals surface area contributed by atoms with Crippen LogP contribution in [0.1, 0.15) is 17.2 Å². The van der Waals surface area contributed by atoms with Crippen LogP contribution in [0.25, 0.3) is 0 Å². The van der Waals surface area contributed by atoms with Crippen molar-refractivity contribution < 1.29 is 28.8 Å². The van der Waals surface area contributed by atoms with E-state index in [1.165, 1.54) is 0 Å². The zero-order chi connectivity index (χ0) is 15.6. The molecule has 0 spiro atoms. The number of aliphatic hydroxyl groups is 1. The van der Waals surface area contributed by atoms with E-state index in [4.69, 9.17) is 23.7 Å². The van der Waals surface area contributed by atoms with Crippen molar-refractivity contribution in [2.75, 3.05) is 20.5 Å². The molecule has 0 bridgehead atoms. The maximum Gasteiger partial charge on any atom is 0.231 e. The van der Waals surface area contributed by atoms with Gasteiger partial charge in [0.2, 0.25) is 6.79 Å². The lowest BCUT2D eigenvalue weighted by Gasteiger charge is -2.34. The van der Waals surface area contributed by atoms with Crippen LogP contribution < -0.4 is 23.7 Å². The number of rotatable bonds is 1. The van der Waals surface area contributed by atoms with Crippen LogP contribution in [0.4, 0.5) is 0 Å². The lowest BCUT2D eigenvalue weighted by Crippen LogP contribution is -2.41. The predicted molar refractivity (Wildman–Crippen MR) is 78.3 cm³/mol. The van der Waals surface area contributed by atoms with Crippen LogP contribution in [0.3, 0.4) is 0 Å². The van der Waals surface area contributed by atoms with E-state index in [0.29, 0.717) is 34.3 Å². The third kappa shape index (κ3) is 1.61. The van der Waals surface area contributed by atoms with Crippen molar-refractivity contribution in [3.05, 3.63) is 41.5 Å². The van der Waals surface area contributed by atoms with E-state index in [9.17, 15) is 5.11 Å². The van der Waals surface area contributed by atoms with Gasteiger partial charge >= 0.3 is 0 Å². The first-order valence-electron chi connectivity index (χ1n) is 7.33. The quantitative estimate of drug-likeness (QED) is 0.870. The normalized spacial score (nSPS) is 25.7. The molecule has 0 unspecified atom stereocenters. The van der Waals surface area contributed by atoms with E-state index in [0.717, 1.165) is 5.56 Å². The van der Waals surface area contributed by atoms with Crippen molar-refractivity contribution in [1.82, 2.24) is 0 Å². The summed E-state index contributed by atoms with van der Waals surface area (Å²) in [7, 11) is 1.60. The van der Waals surface area contributed by atoms with Gasteiger partial charge in [0.25, 0.3) is 0 Å². The zero-order valence-corrected chi connectivity index (χ0v) is 12.4. The van der Waals surface area contributed by atoms with E-state index < -0.39 is 11.7 Å². The van der Waals surface area contributed by atoms with Gasteiger partial charge in [-0.15, -0.1) is 0 Å². The van der Waals surface area contributed by atoms with Gasteiger partial charge in [-0.25, -0.2) is 0 Å². The van der Waals surface area contributed by atoms with Gasteiger partial charge in [-0.2, -0.15) is 0 Å². The third-order valence-corrected chi connectivity index (χ3v) is 4.57. The fourth-order valence-electron chi connectivity index (χ4n) is 3.37. The van der Waals surface area contributed by atoms with Crippen LogP contribution in [0.2, 0.25) is 0 Å². The molecule has 3 aliphatic heterocycles. The molecule has 3 aliphatic rings. The van der Waals surface area contributed by atoms with Crippen LogP contribution >= 0.6 is 0 Å². The second-order valence-electron chi connectivity index (χ2n) is 5.82. The third-order valence-electron chi connectivity index (χ3n) is 4.57. The van der Waals surface area contributed by atoms with Crippen molar-refractivity contribution in [3.63, 3.8) is 0 Å². The smallest absolute Gasteiger partial charge is 0.231 e. The minimum Gasteiger partial charge on any atom is -0.497 e. The number of methoxy groups -OCH3 is 1. The van der Waals surface area contributed by atoms with Gasteiger partial charge in [0, 0.05) is 23.3 Å². The minimum absolute atomic E-state index is 0.102. The largest absolute Gasteiger partial charge is 0.497 e. The van der Waals surface area contributed by atoms with Crippen molar-refractivity contribution in [3.8, 4) is 28.7 Å². The van der Waals surface area contributed by atoms with E-state index in [1.807, 2.05) is 12.1 Å². The first-order valence-corrected chi connectivity index (χ1v) is 7.33. The molecular formula is C17H14O6. The highest BCUT2D eigenvalue weighted by atomic mass is 16.7. The summed E-state index contributed by atoms with van der Waals surface area (Å²) in [6.45, 7) is 0.281. The van der Waals surface area contributed by atoms with Crippen LogP contribution in [-0.2, 0) is 5.60 Å². The molecular weight excluding hydrogens is 300 g/mol.